The standard InChI is InChI=1S/C27H34N4O3S/c1-18(2)6-8-21(29-27(32)28-19-7-9-22-23(16-19)34-15-14-33-22)25-20-10-13-30(3)17-24(20)35-26(25)31-11-4-5-12-31/h4-5,7,9,11-12,16,18,21H,6,8,10,13-15,17H2,1-3H3,(H2,28,29,32). The van der Waals surface area contributed by atoms with Crippen LogP contribution in [0.5, 0.6) is 11.5 Å². The van der Waals surface area contributed by atoms with Gasteiger partial charge in [0, 0.05) is 47.7 Å². The molecule has 2 aliphatic heterocycles. The van der Waals surface area contributed by atoms with Crippen molar-refractivity contribution in [3.63, 3.8) is 0 Å². The van der Waals surface area contributed by atoms with Crippen LogP contribution >= 0.6 is 11.3 Å². The lowest BCUT2D eigenvalue weighted by Gasteiger charge is -2.26. The fourth-order valence-electron chi connectivity index (χ4n) is 4.80. The summed E-state index contributed by atoms with van der Waals surface area (Å²) in [6.07, 6.45) is 7.12. The van der Waals surface area contributed by atoms with Gasteiger partial charge in [0.05, 0.1) is 6.04 Å². The van der Waals surface area contributed by atoms with Crippen molar-refractivity contribution in [2.45, 2.75) is 45.7 Å². The SMILES string of the molecule is CC(C)CCC(NC(=O)Nc1ccc2c(c1)OCCO2)c1c(-n2cccc2)sc2c1CCN(C)C2. The molecule has 2 N–H and O–H groups in total. The topological polar surface area (TPSA) is 67.8 Å². The van der Waals surface area contributed by atoms with Gasteiger partial charge in [-0.1, -0.05) is 13.8 Å². The van der Waals surface area contributed by atoms with E-state index in [1.54, 1.807) is 0 Å². The summed E-state index contributed by atoms with van der Waals surface area (Å²) in [6.45, 7) is 7.51. The van der Waals surface area contributed by atoms with Crippen LogP contribution in [0.4, 0.5) is 10.5 Å². The molecule has 2 amide bonds. The molecule has 0 radical (unpaired) electrons. The molecular formula is C27H34N4O3S. The molecule has 7 nitrogen and oxygen atoms in total. The summed E-state index contributed by atoms with van der Waals surface area (Å²) in [4.78, 5) is 17.0. The minimum absolute atomic E-state index is 0.0737. The van der Waals surface area contributed by atoms with Gasteiger partial charge in [-0.25, -0.2) is 4.79 Å². The number of benzene rings is 1. The van der Waals surface area contributed by atoms with Crippen molar-refractivity contribution < 1.29 is 14.3 Å². The van der Waals surface area contributed by atoms with Gasteiger partial charge in [0.25, 0.3) is 0 Å². The third-order valence-electron chi connectivity index (χ3n) is 6.59. The number of amides is 2. The second-order valence-corrected chi connectivity index (χ2v) is 10.9. The Morgan fingerprint density at radius 1 is 1.11 bits per heavy atom. The molecular weight excluding hydrogens is 460 g/mol. The van der Waals surface area contributed by atoms with Gasteiger partial charge in [0.15, 0.2) is 11.5 Å². The summed E-state index contributed by atoms with van der Waals surface area (Å²) in [7, 11) is 2.17. The molecule has 0 bridgehead atoms. The number of hydrogen-bond acceptors (Lipinski definition) is 5. The molecule has 35 heavy (non-hydrogen) atoms. The summed E-state index contributed by atoms with van der Waals surface area (Å²) in [5.74, 6) is 1.93. The summed E-state index contributed by atoms with van der Waals surface area (Å²) >= 11 is 1.85. The van der Waals surface area contributed by atoms with Gasteiger partial charge in [-0.05, 0) is 62.1 Å². The molecule has 186 valence electrons. The van der Waals surface area contributed by atoms with E-state index >= 15 is 0 Å². The van der Waals surface area contributed by atoms with Crippen LogP contribution in [0, 0.1) is 5.92 Å². The molecule has 0 spiro atoms. The van der Waals surface area contributed by atoms with Crippen molar-refractivity contribution in [1.82, 2.24) is 14.8 Å². The minimum atomic E-state index is -0.207. The highest BCUT2D eigenvalue weighted by atomic mass is 32.1. The van der Waals surface area contributed by atoms with Gasteiger partial charge < -0.3 is 29.6 Å². The number of thiophene rings is 1. The monoisotopic (exact) mass is 494 g/mol. The second-order valence-electron chi connectivity index (χ2n) is 9.78. The molecule has 0 saturated heterocycles. The molecule has 2 aromatic heterocycles. The van der Waals surface area contributed by atoms with Crippen molar-refractivity contribution in [3.8, 4) is 16.5 Å². The molecule has 1 aromatic carbocycles. The van der Waals surface area contributed by atoms with Crippen LogP contribution in [0.25, 0.3) is 5.00 Å². The van der Waals surface area contributed by atoms with Crippen molar-refractivity contribution in [3.05, 3.63) is 58.7 Å². The Morgan fingerprint density at radius 2 is 1.89 bits per heavy atom. The van der Waals surface area contributed by atoms with E-state index in [1.165, 1.54) is 21.0 Å². The number of urea groups is 1. The molecule has 4 heterocycles. The van der Waals surface area contributed by atoms with Gasteiger partial charge in [0.1, 0.15) is 18.2 Å². The van der Waals surface area contributed by atoms with E-state index in [0.717, 1.165) is 32.4 Å². The van der Waals surface area contributed by atoms with E-state index in [2.05, 4.69) is 65.5 Å². The molecule has 1 atom stereocenters. The average molecular weight is 495 g/mol. The predicted octanol–water partition coefficient (Wildman–Crippen LogP) is 5.60. The van der Waals surface area contributed by atoms with Gasteiger partial charge in [-0.15, -0.1) is 11.3 Å². The first-order chi connectivity index (χ1) is 17.0. The fraction of sp³-hybridized carbons (Fsp3) is 0.444. The Balaban J connectivity index is 1.43. The number of nitrogens with zero attached hydrogens (tertiary/aromatic N) is 2. The largest absolute Gasteiger partial charge is 0.486 e. The van der Waals surface area contributed by atoms with E-state index < -0.39 is 0 Å². The maximum atomic E-state index is 13.2. The highest BCUT2D eigenvalue weighted by Gasteiger charge is 2.29. The zero-order valence-corrected chi connectivity index (χ0v) is 21.5. The number of hydrogen-bond donors (Lipinski definition) is 2. The Morgan fingerprint density at radius 3 is 2.66 bits per heavy atom. The predicted molar refractivity (Wildman–Crippen MR) is 140 cm³/mol. The number of likely N-dealkylation sites (N-methyl/N-ethyl adjacent to an activating group) is 1. The van der Waals surface area contributed by atoms with E-state index in [1.807, 2.05) is 29.5 Å². The summed E-state index contributed by atoms with van der Waals surface area (Å²) in [5, 5.41) is 7.55. The van der Waals surface area contributed by atoms with Crippen LogP contribution in [-0.2, 0) is 13.0 Å². The van der Waals surface area contributed by atoms with E-state index in [0.29, 0.717) is 36.3 Å². The highest BCUT2D eigenvalue weighted by Crippen LogP contribution is 2.41. The smallest absolute Gasteiger partial charge is 0.319 e. The lowest BCUT2D eigenvalue weighted by Crippen LogP contribution is -2.34. The Hall–Kier alpha value is -2.97. The van der Waals surface area contributed by atoms with Gasteiger partial charge in [-0.3, -0.25) is 0 Å². The average Bonchev–Trinajstić information content (AvgIpc) is 3.49. The molecule has 5 rings (SSSR count). The van der Waals surface area contributed by atoms with Crippen LogP contribution in [0.15, 0.2) is 42.7 Å². The zero-order valence-electron chi connectivity index (χ0n) is 20.7. The third-order valence-corrected chi connectivity index (χ3v) is 7.84. The molecule has 0 saturated carbocycles. The lowest BCUT2D eigenvalue weighted by molar-refractivity contribution is 0.171. The first kappa shape index (κ1) is 23.8. The van der Waals surface area contributed by atoms with Crippen LogP contribution in [0.2, 0.25) is 0 Å². The molecule has 0 aliphatic carbocycles. The molecule has 2 aliphatic rings. The summed E-state index contributed by atoms with van der Waals surface area (Å²) < 4.78 is 13.5. The maximum absolute atomic E-state index is 13.2. The number of anilines is 1. The number of carbonyl (C=O) groups excluding carboxylic acids is 1. The second kappa shape index (κ2) is 10.3. The summed E-state index contributed by atoms with van der Waals surface area (Å²) in [6, 6.07) is 9.35. The van der Waals surface area contributed by atoms with Crippen molar-refractivity contribution in [2.24, 2.45) is 5.92 Å². The van der Waals surface area contributed by atoms with Gasteiger partial charge in [-0.2, -0.15) is 0 Å². The van der Waals surface area contributed by atoms with Gasteiger partial charge >= 0.3 is 6.03 Å². The number of aromatic nitrogens is 1. The van der Waals surface area contributed by atoms with Crippen LogP contribution in [0.1, 0.15) is 48.7 Å². The van der Waals surface area contributed by atoms with Gasteiger partial charge in [0.2, 0.25) is 0 Å². The Kier molecular flexibility index (Phi) is 7.02. The zero-order chi connectivity index (χ0) is 24.4. The Bertz CT molecular complexity index is 1170. The first-order valence-electron chi connectivity index (χ1n) is 12.4. The van der Waals surface area contributed by atoms with Crippen LogP contribution < -0.4 is 20.1 Å². The normalized spacial score (nSPS) is 16.1. The minimum Gasteiger partial charge on any atom is -0.486 e. The number of rotatable bonds is 7. The summed E-state index contributed by atoms with van der Waals surface area (Å²) in [5.41, 5.74) is 3.37. The molecule has 0 fully saturated rings. The fourth-order valence-corrected chi connectivity index (χ4v) is 6.25. The quantitative estimate of drug-likeness (QED) is 0.449. The number of nitrogens with one attached hydrogen (secondary N) is 2. The number of fused-ring (bicyclic) bond motifs is 2. The van der Waals surface area contributed by atoms with Crippen LogP contribution in [0.3, 0.4) is 0 Å². The maximum Gasteiger partial charge on any atom is 0.319 e. The molecule has 8 heteroatoms. The number of ether oxygens (including phenoxy) is 2. The lowest BCUT2D eigenvalue weighted by atomic mass is 9.92. The van der Waals surface area contributed by atoms with Crippen molar-refractivity contribution in [1.29, 1.82) is 0 Å². The Labute approximate surface area is 211 Å². The third kappa shape index (κ3) is 5.33. The van der Waals surface area contributed by atoms with E-state index in [-0.39, 0.29) is 12.1 Å². The molecule has 3 aromatic rings. The first-order valence-corrected chi connectivity index (χ1v) is 13.2. The van der Waals surface area contributed by atoms with Crippen molar-refractivity contribution >= 4 is 23.1 Å². The van der Waals surface area contributed by atoms with Crippen molar-refractivity contribution in [2.75, 3.05) is 32.1 Å². The molecule has 1 unspecified atom stereocenters. The van der Waals surface area contributed by atoms with E-state index in [4.69, 9.17) is 9.47 Å². The van der Waals surface area contributed by atoms with E-state index in [9.17, 15) is 4.79 Å². The van der Waals surface area contributed by atoms with Crippen LogP contribution in [-0.4, -0.2) is 42.3 Å². The number of carbonyl (C=O) groups is 1. The highest BCUT2D eigenvalue weighted by molar-refractivity contribution is 7.15.